The fraction of sp³-hybridized carbons (Fsp3) is 0.500. The van der Waals surface area contributed by atoms with Crippen LogP contribution in [0.4, 0.5) is 5.69 Å². The Kier molecular flexibility index (Phi) is 3.95. The van der Waals surface area contributed by atoms with Crippen molar-refractivity contribution in [3.63, 3.8) is 0 Å². The second kappa shape index (κ2) is 5.48. The molecule has 19 heavy (non-hydrogen) atoms. The van der Waals surface area contributed by atoms with Crippen LogP contribution >= 0.6 is 0 Å². The van der Waals surface area contributed by atoms with Crippen LogP contribution in [0.5, 0.6) is 5.75 Å². The Morgan fingerprint density at radius 3 is 2.84 bits per heavy atom. The monoisotopic (exact) mass is 264 g/mol. The standard InChI is InChI=1S/C14H20N2O3/c1-9-12(6-7-19-9)16(2)14(17)10-4-5-11(15)13(8-10)18-3/h4-5,8-9,12H,6-7,15H2,1-3H3. The highest BCUT2D eigenvalue weighted by Gasteiger charge is 2.31. The molecule has 1 aliphatic rings. The predicted molar refractivity (Wildman–Crippen MR) is 73.3 cm³/mol. The number of nitrogens with two attached hydrogens (primary N) is 1. The molecule has 2 atom stereocenters. The topological polar surface area (TPSA) is 64.8 Å². The number of carbonyl (C=O) groups is 1. The van der Waals surface area contributed by atoms with Crippen molar-refractivity contribution in [1.82, 2.24) is 4.90 Å². The summed E-state index contributed by atoms with van der Waals surface area (Å²) in [5.74, 6) is 0.482. The van der Waals surface area contributed by atoms with Gasteiger partial charge in [-0.1, -0.05) is 0 Å². The predicted octanol–water partition coefficient (Wildman–Crippen LogP) is 1.53. The Morgan fingerprint density at radius 2 is 2.26 bits per heavy atom. The maximum absolute atomic E-state index is 12.4. The van der Waals surface area contributed by atoms with Gasteiger partial charge in [-0.3, -0.25) is 4.79 Å². The van der Waals surface area contributed by atoms with Crippen LogP contribution in [0.15, 0.2) is 18.2 Å². The molecule has 1 aromatic carbocycles. The summed E-state index contributed by atoms with van der Waals surface area (Å²) in [6, 6.07) is 5.20. The Hall–Kier alpha value is -1.75. The van der Waals surface area contributed by atoms with E-state index in [9.17, 15) is 4.79 Å². The van der Waals surface area contributed by atoms with Crippen LogP contribution in [0.1, 0.15) is 23.7 Å². The third-order valence-corrected chi connectivity index (χ3v) is 3.63. The summed E-state index contributed by atoms with van der Waals surface area (Å²) in [5.41, 5.74) is 6.85. The van der Waals surface area contributed by atoms with Gasteiger partial charge in [0.1, 0.15) is 5.75 Å². The van der Waals surface area contributed by atoms with E-state index < -0.39 is 0 Å². The molecule has 5 heteroatoms. The van der Waals surface area contributed by atoms with E-state index >= 15 is 0 Å². The number of nitrogen functional groups attached to an aromatic ring is 1. The Balaban J connectivity index is 2.19. The van der Waals surface area contributed by atoms with E-state index in [1.54, 1.807) is 30.1 Å². The van der Waals surface area contributed by atoms with Crippen LogP contribution < -0.4 is 10.5 Å². The molecule has 2 unspecified atom stereocenters. The van der Waals surface area contributed by atoms with Gasteiger partial charge in [0.25, 0.3) is 5.91 Å². The number of benzene rings is 1. The van der Waals surface area contributed by atoms with E-state index in [0.29, 0.717) is 23.6 Å². The molecule has 5 nitrogen and oxygen atoms in total. The third kappa shape index (κ3) is 2.66. The molecule has 1 aromatic rings. The number of nitrogens with zero attached hydrogens (tertiary/aromatic N) is 1. The minimum absolute atomic E-state index is 0.0411. The quantitative estimate of drug-likeness (QED) is 0.841. The molecule has 1 amide bonds. The minimum atomic E-state index is -0.0411. The zero-order valence-electron chi connectivity index (χ0n) is 11.6. The molecule has 0 bridgehead atoms. The zero-order chi connectivity index (χ0) is 14.0. The number of carbonyl (C=O) groups excluding carboxylic acids is 1. The van der Waals surface area contributed by atoms with Gasteiger partial charge in [0.2, 0.25) is 0 Å². The fourth-order valence-corrected chi connectivity index (χ4v) is 2.43. The van der Waals surface area contributed by atoms with Gasteiger partial charge in [0.15, 0.2) is 0 Å². The minimum Gasteiger partial charge on any atom is -0.495 e. The maximum atomic E-state index is 12.4. The van der Waals surface area contributed by atoms with Crippen LogP contribution in [0.25, 0.3) is 0 Å². The first kappa shape index (κ1) is 13.7. The van der Waals surface area contributed by atoms with Crippen molar-refractivity contribution < 1.29 is 14.3 Å². The van der Waals surface area contributed by atoms with Crippen molar-refractivity contribution in [3.8, 4) is 5.75 Å². The number of hydrogen-bond acceptors (Lipinski definition) is 4. The van der Waals surface area contributed by atoms with Crippen molar-refractivity contribution in [2.75, 3.05) is 26.5 Å². The Labute approximate surface area is 113 Å². The third-order valence-electron chi connectivity index (χ3n) is 3.63. The van der Waals surface area contributed by atoms with Crippen LogP contribution in [-0.4, -0.2) is 43.7 Å². The largest absolute Gasteiger partial charge is 0.495 e. The SMILES string of the molecule is COc1cc(C(=O)N(C)C2CCOC2C)ccc1N. The van der Waals surface area contributed by atoms with Crippen molar-refractivity contribution >= 4 is 11.6 Å². The number of anilines is 1. The number of ether oxygens (including phenoxy) is 2. The number of amides is 1. The summed E-state index contributed by atoms with van der Waals surface area (Å²) in [5, 5.41) is 0. The van der Waals surface area contributed by atoms with Crippen molar-refractivity contribution in [2.45, 2.75) is 25.5 Å². The van der Waals surface area contributed by atoms with E-state index in [4.69, 9.17) is 15.2 Å². The van der Waals surface area contributed by atoms with Crippen LogP contribution in [0.3, 0.4) is 0 Å². The summed E-state index contributed by atoms with van der Waals surface area (Å²) >= 11 is 0. The summed E-state index contributed by atoms with van der Waals surface area (Å²) < 4.78 is 10.6. The average Bonchev–Trinajstić information content (AvgIpc) is 2.84. The van der Waals surface area contributed by atoms with Crippen molar-refractivity contribution in [1.29, 1.82) is 0 Å². The normalized spacial score (nSPS) is 22.3. The molecule has 1 fully saturated rings. The average molecular weight is 264 g/mol. The van der Waals surface area contributed by atoms with Gasteiger partial charge >= 0.3 is 0 Å². The molecule has 0 radical (unpaired) electrons. The van der Waals surface area contributed by atoms with E-state index in [1.807, 2.05) is 6.92 Å². The van der Waals surface area contributed by atoms with Gasteiger partial charge in [0.05, 0.1) is 24.9 Å². The number of rotatable bonds is 3. The molecule has 1 saturated heterocycles. The van der Waals surface area contributed by atoms with Gasteiger partial charge < -0.3 is 20.1 Å². The molecular formula is C14H20N2O3. The van der Waals surface area contributed by atoms with Gasteiger partial charge in [-0.25, -0.2) is 0 Å². The molecule has 1 aliphatic heterocycles. The lowest BCUT2D eigenvalue weighted by atomic mass is 10.1. The number of likely N-dealkylation sites (N-methyl/N-ethyl adjacent to an activating group) is 1. The Morgan fingerprint density at radius 1 is 1.53 bits per heavy atom. The van der Waals surface area contributed by atoms with Crippen LogP contribution in [-0.2, 0) is 4.74 Å². The highest BCUT2D eigenvalue weighted by molar-refractivity contribution is 5.95. The first-order valence-electron chi connectivity index (χ1n) is 6.37. The molecule has 104 valence electrons. The second-order valence-corrected chi connectivity index (χ2v) is 4.80. The maximum Gasteiger partial charge on any atom is 0.254 e. The van der Waals surface area contributed by atoms with Crippen LogP contribution in [0, 0.1) is 0 Å². The van der Waals surface area contributed by atoms with Crippen molar-refractivity contribution in [2.24, 2.45) is 0 Å². The fourth-order valence-electron chi connectivity index (χ4n) is 2.43. The molecule has 0 aromatic heterocycles. The number of hydrogen-bond donors (Lipinski definition) is 1. The van der Waals surface area contributed by atoms with E-state index in [-0.39, 0.29) is 18.1 Å². The summed E-state index contributed by atoms with van der Waals surface area (Å²) in [7, 11) is 3.34. The zero-order valence-corrected chi connectivity index (χ0v) is 11.6. The molecular weight excluding hydrogens is 244 g/mol. The first-order valence-corrected chi connectivity index (χ1v) is 6.37. The van der Waals surface area contributed by atoms with Gasteiger partial charge in [-0.05, 0) is 31.5 Å². The molecule has 2 rings (SSSR count). The van der Waals surface area contributed by atoms with Gasteiger partial charge in [-0.2, -0.15) is 0 Å². The van der Waals surface area contributed by atoms with E-state index in [2.05, 4.69) is 0 Å². The summed E-state index contributed by atoms with van der Waals surface area (Å²) in [6.07, 6.45) is 0.944. The second-order valence-electron chi connectivity index (χ2n) is 4.80. The molecule has 0 aliphatic carbocycles. The van der Waals surface area contributed by atoms with Gasteiger partial charge in [-0.15, -0.1) is 0 Å². The number of methoxy groups -OCH3 is 1. The smallest absolute Gasteiger partial charge is 0.254 e. The van der Waals surface area contributed by atoms with Gasteiger partial charge in [0, 0.05) is 19.2 Å². The van der Waals surface area contributed by atoms with E-state index in [1.165, 1.54) is 7.11 Å². The summed E-state index contributed by atoms with van der Waals surface area (Å²) in [6.45, 7) is 2.69. The lowest BCUT2D eigenvalue weighted by Crippen LogP contribution is -2.41. The summed E-state index contributed by atoms with van der Waals surface area (Å²) in [4.78, 5) is 14.2. The highest BCUT2D eigenvalue weighted by atomic mass is 16.5. The molecule has 0 saturated carbocycles. The lowest BCUT2D eigenvalue weighted by Gasteiger charge is -2.27. The highest BCUT2D eigenvalue weighted by Crippen LogP contribution is 2.25. The van der Waals surface area contributed by atoms with Crippen molar-refractivity contribution in [3.05, 3.63) is 23.8 Å². The molecule has 1 heterocycles. The first-order chi connectivity index (χ1) is 9.04. The molecule has 2 N–H and O–H groups in total. The molecule has 0 spiro atoms. The van der Waals surface area contributed by atoms with E-state index in [0.717, 1.165) is 6.42 Å². The Bertz CT molecular complexity index is 476. The lowest BCUT2D eigenvalue weighted by molar-refractivity contribution is 0.0574. The van der Waals surface area contributed by atoms with Crippen LogP contribution in [0.2, 0.25) is 0 Å².